The third-order valence-corrected chi connectivity index (χ3v) is 4.86. The van der Waals surface area contributed by atoms with Gasteiger partial charge < -0.3 is 10.4 Å². The van der Waals surface area contributed by atoms with Crippen LogP contribution in [0, 0.1) is 11.2 Å². The highest BCUT2D eigenvalue weighted by Gasteiger charge is 2.45. The molecule has 0 atom stereocenters. The van der Waals surface area contributed by atoms with Crippen molar-refractivity contribution in [1.29, 1.82) is 0 Å². The Balaban J connectivity index is 2.16. The predicted octanol–water partition coefficient (Wildman–Crippen LogP) is 1.95. The molecular formula is C15H18FNO5S. The summed E-state index contributed by atoms with van der Waals surface area (Å²) in [7, 11) is -3.41. The zero-order valence-electron chi connectivity index (χ0n) is 12.6. The van der Waals surface area contributed by atoms with E-state index in [-0.39, 0.29) is 17.7 Å². The van der Waals surface area contributed by atoms with E-state index in [1.165, 1.54) is 6.07 Å². The van der Waals surface area contributed by atoms with Gasteiger partial charge >= 0.3 is 5.97 Å². The number of aliphatic carboxylic acids is 1. The predicted molar refractivity (Wildman–Crippen MR) is 82.1 cm³/mol. The molecule has 1 aliphatic carbocycles. The summed E-state index contributed by atoms with van der Waals surface area (Å²) >= 11 is 0. The van der Waals surface area contributed by atoms with E-state index < -0.39 is 38.7 Å². The molecule has 1 amide bonds. The molecule has 126 valence electrons. The third-order valence-electron chi connectivity index (χ3n) is 4.02. The van der Waals surface area contributed by atoms with Crippen molar-refractivity contribution in [2.75, 3.05) is 11.6 Å². The number of hydrogen-bond acceptors (Lipinski definition) is 4. The lowest BCUT2D eigenvalue weighted by atomic mass is 9.66. The zero-order chi connectivity index (χ0) is 17.3. The lowest BCUT2D eigenvalue weighted by Gasteiger charge is -2.36. The van der Waals surface area contributed by atoms with Crippen LogP contribution >= 0.6 is 0 Å². The van der Waals surface area contributed by atoms with Gasteiger partial charge in [0.1, 0.15) is 5.82 Å². The Morgan fingerprint density at radius 3 is 2.48 bits per heavy atom. The topological polar surface area (TPSA) is 101 Å². The number of hydrogen-bond donors (Lipinski definition) is 2. The summed E-state index contributed by atoms with van der Waals surface area (Å²) in [5.41, 5.74) is -0.721. The fraction of sp³-hybridized carbons (Fsp3) is 0.467. The molecule has 8 heteroatoms. The van der Waals surface area contributed by atoms with Gasteiger partial charge in [-0.2, -0.15) is 0 Å². The van der Waals surface area contributed by atoms with Crippen LogP contribution in [0.4, 0.5) is 10.1 Å². The number of sulfone groups is 1. The lowest BCUT2D eigenvalue weighted by Crippen LogP contribution is -2.41. The first-order chi connectivity index (χ1) is 10.6. The smallest absolute Gasteiger partial charge is 0.310 e. The number of anilines is 1. The van der Waals surface area contributed by atoms with E-state index in [1.807, 2.05) is 0 Å². The maximum atomic E-state index is 13.3. The van der Waals surface area contributed by atoms with Crippen LogP contribution in [0.1, 0.15) is 31.2 Å². The first-order valence-corrected chi connectivity index (χ1v) is 9.17. The van der Waals surface area contributed by atoms with Gasteiger partial charge in [0.2, 0.25) is 5.91 Å². The quantitative estimate of drug-likeness (QED) is 0.822. The van der Waals surface area contributed by atoms with Gasteiger partial charge in [-0.05, 0) is 36.6 Å². The number of rotatable bonds is 6. The van der Waals surface area contributed by atoms with Crippen LogP contribution in [0.2, 0.25) is 0 Å². The number of benzene rings is 1. The molecule has 2 N–H and O–H groups in total. The van der Waals surface area contributed by atoms with Gasteiger partial charge in [0.15, 0.2) is 9.84 Å². The van der Waals surface area contributed by atoms with Crippen molar-refractivity contribution in [3.8, 4) is 0 Å². The van der Waals surface area contributed by atoms with Gasteiger partial charge in [-0.15, -0.1) is 0 Å². The molecule has 23 heavy (non-hydrogen) atoms. The summed E-state index contributed by atoms with van der Waals surface area (Å²) in [4.78, 5) is 23.4. The molecule has 1 aromatic rings. The highest BCUT2D eigenvalue weighted by atomic mass is 32.2. The minimum absolute atomic E-state index is 0.138. The summed E-state index contributed by atoms with van der Waals surface area (Å²) in [5, 5.41) is 11.7. The minimum Gasteiger partial charge on any atom is -0.481 e. The molecule has 0 aliphatic heterocycles. The SMILES string of the molecule is CS(=O)(=O)Cc1cc(F)ccc1NC(=O)CC1(C(=O)O)CCC1. The van der Waals surface area contributed by atoms with E-state index in [0.29, 0.717) is 12.8 Å². The Morgan fingerprint density at radius 2 is 2.00 bits per heavy atom. The van der Waals surface area contributed by atoms with Crippen molar-refractivity contribution in [2.45, 2.75) is 31.4 Å². The first-order valence-electron chi connectivity index (χ1n) is 7.11. The molecule has 1 aliphatic rings. The monoisotopic (exact) mass is 343 g/mol. The Hall–Kier alpha value is -1.96. The molecule has 1 fully saturated rings. The molecule has 0 aromatic heterocycles. The van der Waals surface area contributed by atoms with Crippen LogP contribution in [0.15, 0.2) is 18.2 Å². The number of carboxylic acid groups (broad SMARTS) is 1. The van der Waals surface area contributed by atoms with Crippen molar-refractivity contribution < 1.29 is 27.5 Å². The molecule has 1 saturated carbocycles. The molecule has 0 spiro atoms. The Morgan fingerprint density at radius 1 is 1.35 bits per heavy atom. The zero-order valence-corrected chi connectivity index (χ0v) is 13.5. The van der Waals surface area contributed by atoms with Crippen molar-refractivity contribution in [2.24, 2.45) is 5.41 Å². The average molecular weight is 343 g/mol. The van der Waals surface area contributed by atoms with Crippen molar-refractivity contribution in [3.63, 3.8) is 0 Å². The number of halogens is 1. The Kier molecular flexibility index (Phi) is 4.74. The number of carbonyl (C=O) groups is 2. The molecule has 2 rings (SSSR count). The maximum Gasteiger partial charge on any atom is 0.310 e. The fourth-order valence-electron chi connectivity index (χ4n) is 2.66. The van der Waals surface area contributed by atoms with Gasteiger partial charge in [0.25, 0.3) is 0 Å². The number of amides is 1. The Labute approximate surface area is 133 Å². The van der Waals surface area contributed by atoms with Crippen LogP contribution in [0.25, 0.3) is 0 Å². The molecule has 0 unspecified atom stereocenters. The van der Waals surface area contributed by atoms with Gasteiger partial charge in [-0.3, -0.25) is 9.59 Å². The maximum absolute atomic E-state index is 13.3. The molecule has 0 bridgehead atoms. The number of carboxylic acids is 1. The largest absolute Gasteiger partial charge is 0.481 e. The second-order valence-corrected chi connectivity index (χ2v) is 8.18. The highest BCUT2D eigenvalue weighted by molar-refractivity contribution is 7.89. The van der Waals surface area contributed by atoms with E-state index in [1.54, 1.807) is 0 Å². The van der Waals surface area contributed by atoms with Crippen LogP contribution in [-0.2, 0) is 25.2 Å². The average Bonchev–Trinajstić information content (AvgIpc) is 2.35. The summed E-state index contributed by atoms with van der Waals surface area (Å²) < 4.78 is 36.1. The lowest BCUT2D eigenvalue weighted by molar-refractivity contribution is -0.157. The highest BCUT2D eigenvalue weighted by Crippen LogP contribution is 2.44. The summed E-state index contributed by atoms with van der Waals surface area (Å²) in [5.74, 6) is -2.55. The fourth-order valence-corrected chi connectivity index (χ4v) is 3.46. The van der Waals surface area contributed by atoms with Crippen molar-refractivity contribution in [3.05, 3.63) is 29.6 Å². The standard InChI is InChI=1S/C15H18FNO5S/c1-23(21,22)9-10-7-11(16)3-4-12(10)17-13(18)8-15(14(19)20)5-2-6-15/h3-4,7H,2,5-6,8-9H2,1H3,(H,17,18)(H,19,20). The molecule has 6 nitrogen and oxygen atoms in total. The van der Waals surface area contributed by atoms with Crippen LogP contribution in [0.5, 0.6) is 0 Å². The van der Waals surface area contributed by atoms with Gasteiger partial charge in [0, 0.05) is 18.4 Å². The van der Waals surface area contributed by atoms with Crippen molar-refractivity contribution in [1.82, 2.24) is 0 Å². The van der Waals surface area contributed by atoms with Gasteiger partial charge in [0.05, 0.1) is 11.2 Å². The van der Waals surface area contributed by atoms with E-state index in [9.17, 15) is 27.5 Å². The van der Waals surface area contributed by atoms with Crippen molar-refractivity contribution >= 4 is 27.4 Å². The molecule has 0 radical (unpaired) electrons. The van der Waals surface area contributed by atoms with Crippen LogP contribution < -0.4 is 5.32 Å². The summed E-state index contributed by atoms with van der Waals surface area (Å²) in [6.07, 6.45) is 2.47. The molecule has 0 heterocycles. The van der Waals surface area contributed by atoms with E-state index >= 15 is 0 Å². The summed E-state index contributed by atoms with van der Waals surface area (Å²) in [6.45, 7) is 0. The Bertz CT molecular complexity index is 740. The summed E-state index contributed by atoms with van der Waals surface area (Å²) in [6, 6.07) is 3.44. The van der Waals surface area contributed by atoms with E-state index in [4.69, 9.17) is 0 Å². The minimum atomic E-state index is -3.41. The first kappa shape index (κ1) is 17.4. The second-order valence-electron chi connectivity index (χ2n) is 6.04. The van der Waals surface area contributed by atoms with Gasteiger partial charge in [-0.25, -0.2) is 12.8 Å². The van der Waals surface area contributed by atoms with Crippen LogP contribution in [-0.4, -0.2) is 31.7 Å². The molecular weight excluding hydrogens is 325 g/mol. The van der Waals surface area contributed by atoms with E-state index in [0.717, 1.165) is 24.8 Å². The normalized spacial score (nSPS) is 16.4. The van der Waals surface area contributed by atoms with Gasteiger partial charge in [-0.1, -0.05) is 6.42 Å². The molecule has 0 saturated heterocycles. The molecule has 1 aromatic carbocycles. The van der Waals surface area contributed by atoms with Crippen LogP contribution in [0.3, 0.4) is 0 Å². The number of carbonyl (C=O) groups excluding carboxylic acids is 1. The number of nitrogens with one attached hydrogen (secondary N) is 1. The third kappa shape index (κ3) is 4.28. The second kappa shape index (κ2) is 6.27. The van der Waals surface area contributed by atoms with E-state index in [2.05, 4.69) is 5.32 Å².